The first kappa shape index (κ1) is 22.8. The minimum absolute atomic E-state index is 0.0118. The molecular formula is C21H17BrCl2N2O3S. The maximum absolute atomic E-state index is 13.0. The van der Waals surface area contributed by atoms with Crippen LogP contribution in [-0.4, -0.2) is 20.4 Å². The van der Waals surface area contributed by atoms with Crippen molar-refractivity contribution in [2.75, 3.05) is 5.32 Å². The fourth-order valence-corrected chi connectivity index (χ4v) is 5.12. The Morgan fingerprint density at radius 1 is 0.967 bits per heavy atom. The number of benzene rings is 3. The van der Waals surface area contributed by atoms with Gasteiger partial charge >= 0.3 is 0 Å². The summed E-state index contributed by atoms with van der Waals surface area (Å²) in [6.45, 7) is 0. The first-order valence-corrected chi connectivity index (χ1v) is 11.9. The van der Waals surface area contributed by atoms with Crippen LogP contribution in [0.1, 0.15) is 5.56 Å². The lowest BCUT2D eigenvalue weighted by molar-refractivity contribution is -0.117. The molecule has 0 aliphatic rings. The molecule has 0 saturated carbocycles. The number of hydrogen-bond acceptors (Lipinski definition) is 3. The summed E-state index contributed by atoms with van der Waals surface area (Å²) in [5.74, 6) is -0.501. The molecule has 1 atom stereocenters. The molecule has 3 aromatic rings. The maximum Gasteiger partial charge on any atom is 0.242 e. The minimum atomic E-state index is -4.11. The smallest absolute Gasteiger partial charge is 0.242 e. The summed E-state index contributed by atoms with van der Waals surface area (Å²) >= 11 is 15.4. The highest BCUT2D eigenvalue weighted by Crippen LogP contribution is 2.25. The van der Waals surface area contributed by atoms with E-state index in [1.54, 1.807) is 18.2 Å². The number of rotatable bonds is 7. The van der Waals surface area contributed by atoms with Gasteiger partial charge in [0.05, 0.1) is 5.02 Å². The highest BCUT2D eigenvalue weighted by atomic mass is 79.9. The molecule has 0 aliphatic carbocycles. The predicted molar refractivity (Wildman–Crippen MR) is 123 cm³/mol. The summed E-state index contributed by atoms with van der Waals surface area (Å²) in [6, 6.07) is 19.2. The second kappa shape index (κ2) is 9.94. The van der Waals surface area contributed by atoms with E-state index in [2.05, 4.69) is 26.0 Å². The summed E-state index contributed by atoms with van der Waals surface area (Å²) in [7, 11) is -4.11. The van der Waals surface area contributed by atoms with Crippen LogP contribution in [0.5, 0.6) is 0 Å². The average Bonchev–Trinajstić information content (AvgIpc) is 2.70. The van der Waals surface area contributed by atoms with Gasteiger partial charge in [0.25, 0.3) is 0 Å². The molecule has 1 amide bonds. The van der Waals surface area contributed by atoms with Crippen molar-refractivity contribution in [3.63, 3.8) is 0 Å². The van der Waals surface area contributed by atoms with Crippen LogP contribution >= 0.6 is 39.1 Å². The number of amides is 1. The Hall–Kier alpha value is -1.90. The third kappa shape index (κ3) is 6.06. The summed E-state index contributed by atoms with van der Waals surface area (Å²) in [4.78, 5) is 12.8. The quantitative estimate of drug-likeness (QED) is 0.438. The van der Waals surface area contributed by atoms with Gasteiger partial charge in [0.15, 0.2) is 0 Å². The van der Waals surface area contributed by atoms with Gasteiger partial charge in [-0.3, -0.25) is 4.79 Å². The zero-order valence-electron chi connectivity index (χ0n) is 15.5. The third-order valence-corrected chi connectivity index (χ3v) is 6.85. The van der Waals surface area contributed by atoms with Gasteiger partial charge < -0.3 is 5.32 Å². The Morgan fingerprint density at radius 3 is 2.40 bits per heavy atom. The zero-order valence-corrected chi connectivity index (χ0v) is 19.4. The zero-order chi connectivity index (χ0) is 21.7. The molecule has 3 rings (SSSR count). The van der Waals surface area contributed by atoms with Crippen molar-refractivity contribution in [1.29, 1.82) is 0 Å². The standard InChI is InChI=1S/C21H17BrCl2N2O3S/c22-15-7-4-8-17(12-15)25-21(27)19(11-14-5-2-1-3-6-14)26-30(28,29)20-13-16(23)9-10-18(20)24/h1-10,12-13,19,26H,11H2,(H,25,27)/t19-/m1/s1. The van der Waals surface area contributed by atoms with E-state index in [-0.39, 0.29) is 21.4 Å². The third-order valence-electron chi connectivity index (χ3n) is 4.17. The van der Waals surface area contributed by atoms with Crippen LogP contribution in [0.25, 0.3) is 0 Å². The van der Waals surface area contributed by atoms with Crippen LogP contribution in [0.4, 0.5) is 5.69 Å². The molecule has 0 aliphatic heterocycles. The fraction of sp³-hybridized carbons (Fsp3) is 0.0952. The van der Waals surface area contributed by atoms with Crippen molar-refractivity contribution >= 4 is 60.7 Å². The summed E-state index contributed by atoms with van der Waals surface area (Å²) < 4.78 is 29.2. The molecule has 0 fully saturated rings. The number of halogens is 3. The topological polar surface area (TPSA) is 75.3 Å². The van der Waals surface area contributed by atoms with Crippen molar-refractivity contribution in [3.8, 4) is 0 Å². The van der Waals surface area contributed by atoms with Crippen molar-refractivity contribution in [3.05, 3.63) is 92.9 Å². The molecule has 0 aromatic heterocycles. The van der Waals surface area contributed by atoms with E-state index in [1.807, 2.05) is 36.4 Å². The van der Waals surface area contributed by atoms with Gasteiger partial charge in [0, 0.05) is 15.2 Å². The Bertz CT molecular complexity index is 1160. The van der Waals surface area contributed by atoms with E-state index in [9.17, 15) is 13.2 Å². The van der Waals surface area contributed by atoms with Gasteiger partial charge in [0.1, 0.15) is 10.9 Å². The highest BCUT2D eigenvalue weighted by Gasteiger charge is 2.28. The number of sulfonamides is 1. The maximum atomic E-state index is 13.0. The molecule has 0 unspecified atom stereocenters. The molecule has 3 aromatic carbocycles. The SMILES string of the molecule is O=C(Nc1cccc(Br)c1)[C@@H](Cc1ccccc1)NS(=O)(=O)c1cc(Cl)ccc1Cl. The van der Waals surface area contributed by atoms with Crippen LogP contribution in [-0.2, 0) is 21.2 Å². The van der Waals surface area contributed by atoms with E-state index in [1.165, 1.54) is 18.2 Å². The molecule has 30 heavy (non-hydrogen) atoms. The van der Waals surface area contributed by atoms with Gasteiger partial charge in [-0.1, -0.05) is 75.5 Å². The second-order valence-electron chi connectivity index (χ2n) is 6.44. The second-order valence-corrected chi connectivity index (χ2v) is 9.88. The van der Waals surface area contributed by atoms with Crippen LogP contribution in [0.2, 0.25) is 10.0 Å². The van der Waals surface area contributed by atoms with Crippen LogP contribution in [0.3, 0.4) is 0 Å². The number of nitrogens with one attached hydrogen (secondary N) is 2. The monoisotopic (exact) mass is 526 g/mol. The lowest BCUT2D eigenvalue weighted by Crippen LogP contribution is -2.45. The molecule has 156 valence electrons. The Morgan fingerprint density at radius 2 is 1.70 bits per heavy atom. The molecule has 2 N–H and O–H groups in total. The van der Waals surface area contributed by atoms with Crippen LogP contribution < -0.4 is 10.0 Å². The fourth-order valence-electron chi connectivity index (χ4n) is 2.77. The molecule has 9 heteroatoms. The number of carbonyl (C=O) groups excluding carboxylic acids is 1. The average molecular weight is 528 g/mol. The van der Waals surface area contributed by atoms with E-state index < -0.39 is 22.0 Å². The van der Waals surface area contributed by atoms with E-state index in [4.69, 9.17) is 23.2 Å². The Kier molecular flexibility index (Phi) is 7.55. The molecular weight excluding hydrogens is 511 g/mol. The number of anilines is 1. The van der Waals surface area contributed by atoms with E-state index in [0.29, 0.717) is 5.69 Å². The Labute approximate surface area is 193 Å². The molecule has 0 heterocycles. The molecule has 0 saturated heterocycles. The summed E-state index contributed by atoms with van der Waals surface area (Å²) in [5, 5.41) is 2.98. The number of carbonyl (C=O) groups is 1. The van der Waals surface area contributed by atoms with Gasteiger partial charge in [-0.25, -0.2) is 8.42 Å². The normalized spacial score (nSPS) is 12.4. The molecule has 0 radical (unpaired) electrons. The minimum Gasteiger partial charge on any atom is -0.325 e. The lowest BCUT2D eigenvalue weighted by atomic mass is 10.1. The van der Waals surface area contributed by atoms with Gasteiger partial charge in [0.2, 0.25) is 15.9 Å². The van der Waals surface area contributed by atoms with Crippen molar-refractivity contribution in [2.24, 2.45) is 0 Å². The molecule has 5 nitrogen and oxygen atoms in total. The van der Waals surface area contributed by atoms with Gasteiger partial charge in [-0.05, 0) is 48.4 Å². The molecule has 0 bridgehead atoms. The lowest BCUT2D eigenvalue weighted by Gasteiger charge is -2.19. The van der Waals surface area contributed by atoms with Crippen LogP contribution in [0, 0.1) is 0 Å². The van der Waals surface area contributed by atoms with Crippen LogP contribution in [0.15, 0.2) is 82.2 Å². The molecule has 0 spiro atoms. The largest absolute Gasteiger partial charge is 0.325 e. The summed E-state index contributed by atoms with van der Waals surface area (Å²) in [6.07, 6.45) is 0.151. The number of hydrogen-bond donors (Lipinski definition) is 2. The van der Waals surface area contributed by atoms with Gasteiger partial charge in [-0.15, -0.1) is 0 Å². The first-order chi connectivity index (χ1) is 14.2. The Balaban J connectivity index is 1.90. The summed E-state index contributed by atoms with van der Waals surface area (Å²) in [5.41, 5.74) is 1.33. The van der Waals surface area contributed by atoms with Crippen molar-refractivity contribution in [2.45, 2.75) is 17.4 Å². The van der Waals surface area contributed by atoms with Gasteiger partial charge in [-0.2, -0.15) is 4.72 Å². The van der Waals surface area contributed by atoms with Crippen molar-refractivity contribution < 1.29 is 13.2 Å². The van der Waals surface area contributed by atoms with Crippen molar-refractivity contribution in [1.82, 2.24) is 4.72 Å². The first-order valence-electron chi connectivity index (χ1n) is 8.82. The van der Waals surface area contributed by atoms with E-state index in [0.717, 1.165) is 10.0 Å². The predicted octanol–water partition coefficient (Wildman–Crippen LogP) is 5.28. The van der Waals surface area contributed by atoms with E-state index >= 15 is 0 Å². The highest BCUT2D eigenvalue weighted by molar-refractivity contribution is 9.10.